The number of nitro groups is 1. The van der Waals surface area contributed by atoms with Crippen molar-refractivity contribution in [2.24, 2.45) is 0 Å². The quantitative estimate of drug-likeness (QED) is 0.432. The predicted octanol–water partition coefficient (Wildman–Crippen LogP) is 0.399. The maximum absolute atomic E-state index is 11.3. The Kier molecular flexibility index (Phi) is 3.50. The highest BCUT2D eigenvalue weighted by molar-refractivity contribution is 5.83. The highest BCUT2D eigenvalue weighted by Crippen LogP contribution is 2.07. The molecule has 0 fully saturated rings. The highest BCUT2D eigenvalue weighted by atomic mass is 16.6. The van der Waals surface area contributed by atoms with Crippen LogP contribution in [0.25, 0.3) is 0 Å². The first-order valence-electron chi connectivity index (χ1n) is 5.27. The van der Waals surface area contributed by atoms with E-state index in [1.807, 2.05) is 0 Å². The maximum atomic E-state index is 11.3. The molecular formula is C9H9N5O5. The molecule has 2 aromatic rings. The summed E-state index contributed by atoms with van der Waals surface area (Å²) in [4.78, 5) is 24.9. The van der Waals surface area contributed by atoms with Crippen LogP contribution in [-0.2, 0) is 11.3 Å². The second-order valence-corrected chi connectivity index (χ2v) is 3.36. The Morgan fingerprint density at radius 1 is 1.63 bits per heavy atom. The van der Waals surface area contributed by atoms with Crippen LogP contribution >= 0.6 is 0 Å². The van der Waals surface area contributed by atoms with Gasteiger partial charge in [-0.2, -0.15) is 9.67 Å². The van der Waals surface area contributed by atoms with Crippen LogP contribution < -0.4 is 0 Å². The van der Waals surface area contributed by atoms with Gasteiger partial charge in [0, 0.05) is 0 Å². The molecule has 2 aromatic heterocycles. The van der Waals surface area contributed by atoms with Gasteiger partial charge in [-0.15, -0.1) is 0 Å². The van der Waals surface area contributed by atoms with Crippen molar-refractivity contribution >= 4 is 11.8 Å². The van der Waals surface area contributed by atoms with Gasteiger partial charge in [-0.25, -0.2) is 4.79 Å². The molecule has 0 unspecified atom stereocenters. The summed E-state index contributed by atoms with van der Waals surface area (Å²) < 4.78 is 10.6. The van der Waals surface area contributed by atoms with Crippen LogP contribution in [0, 0.1) is 10.1 Å². The Morgan fingerprint density at radius 3 is 3.05 bits per heavy atom. The van der Waals surface area contributed by atoms with Gasteiger partial charge >= 0.3 is 17.7 Å². The van der Waals surface area contributed by atoms with Gasteiger partial charge in [0.25, 0.3) is 0 Å². The van der Waals surface area contributed by atoms with Gasteiger partial charge in [0.1, 0.15) is 6.54 Å². The van der Waals surface area contributed by atoms with Crippen molar-refractivity contribution in [3.63, 3.8) is 0 Å². The average molecular weight is 267 g/mol. The smallest absolute Gasteiger partial charge is 0.397 e. The first kappa shape index (κ1) is 12.7. The van der Waals surface area contributed by atoms with Crippen molar-refractivity contribution < 1.29 is 19.0 Å². The van der Waals surface area contributed by atoms with Crippen LogP contribution in [0.5, 0.6) is 0 Å². The Hall–Kier alpha value is -2.78. The fourth-order valence-electron chi connectivity index (χ4n) is 1.28. The molecule has 19 heavy (non-hydrogen) atoms. The van der Waals surface area contributed by atoms with Crippen molar-refractivity contribution in [3.8, 4) is 0 Å². The minimum atomic E-state index is -0.715. The van der Waals surface area contributed by atoms with Crippen LogP contribution in [0.3, 0.4) is 0 Å². The van der Waals surface area contributed by atoms with E-state index in [2.05, 4.69) is 20.0 Å². The summed E-state index contributed by atoms with van der Waals surface area (Å²) in [5, 5.41) is 17.7. The zero-order valence-corrected chi connectivity index (χ0v) is 9.85. The molecule has 0 saturated heterocycles. The molecule has 0 atom stereocenters. The van der Waals surface area contributed by atoms with E-state index in [1.54, 1.807) is 6.92 Å². The molecule has 0 radical (unpaired) electrons. The summed E-state index contributed by atoms with van der Waals surface area (Å²) in [5.74, 6) is -1.10. The molecule has 0 aliphatic heterocycles. The SMILES string of the molecule is CCOC(=O)c1nc(Cn2ccc([N+](=O)[O-])n2)no1. The third kappa shape index (κ3) is 2.91. The molecule has 0 aromatic carbocycles. The van der Waals surface area contributed by atoms with Gasteiger partial charge in [-0.1, -0.05) is 5.16 Å². The molecule has 0 aliphatic carbocycles. The molecular weight excluding hydrogens is 258 g/mol. The monoisotopic (exact) mass is 267 g/mol. The summed E-state index contributed by atoms with van der Waals surface area (Å²) in [6.07, 6.45) is 1.40. The number of carbonyl (C=O) groups excluding carboxylic acids is 1. The lowest BCUT2D eigenvalue weighted by Gasteiger charge is -1.93. The first-order valence-corrected chi connectivity index (χ1v) is 5.27. The van der Waals surface area contributed by atoms with Crippen LogP contribution in [0.15, 0.2) is 16.8 Å². The molecule has 10 heteroatoms. The number of aromatic nitrogens is 4. The zero-order valence-electron chi connectivity index (χ0n) is 9.85. The Bertz CT molecular complexity index is 604. The van der Waals surface area contributed by atoms with E-state index < -0.39 is 10.9 Å². The van der Waals surface area contributed by atoms with Gasteiger partial charge in [0.15, 0.2) is 5.82 Å². The second-order valence-electron chi connectivity index (χ2n) is 3.36. The number of esters is 1. The van der Waals surface area contributed by atoms with E-state index in [0.29, 0.717) is 0 Å². The Morgan fingerprint density at radius 2 is 2.42 bits per heavy atom. The summed E-state index contributed by atoms with van der Waals surface area (Å²) >= 11 is 0. The van der Waals surface area contributed by atoms with Gasteiger partial charge in [-0.05, 0) is 11.8 Å². The number of rotatable bonds is 5. The molecule has 10 nitrogen and oxygen atoms in total. The second kappa shape index (κ2) is 5.25. The number of hydrogen-bond acceptors (Lipinski definition) is 8. The molecule has 2 heterocycles. The van der Waals surface area contributed by atoms with E-state index >= 15 is 0 Å². The Balaban J connectivity index is 2.06. The summed E-state index contributed by atoms with van der Waals surface area (Å²) in [5.41, 5.74) is 0. The lowest BCUT2D eigenvalue weighted by Crippen LogP contribution is -2.06. The van der Waals surface area contributed by atoms with Crippen molar-refractivity contribution in [1.29, 1.82) is 0 Å². The van der Waals surface area contributed by atoms with Crippen LogP contribution in [-0.4, -0.2) is 37.4 Å². The largest absolute Gasteiger partial charge is 0.459 e. The van der Waals surface area contributed by atoms with Crippen molar-refractivity contribution in [1.82, 2.24) is 19.9 Å². The molecule has 0 spiro atoms. The molecule has 0 saturated carbocycles. The summed E-state index contributed by atoms with van der Waals surface area (Å²) in [6.45, 7) is 1.90. The zero-order chi connectivity index (χ0) is 13.8. The average Bonchev–Trinajstić information content (AvgIpc) is 2.99. The van der Waals surface area contributed by atoms with E-state index in [1.165, 1.54) is 16.9 Å². The van der Waals surface area contributed by atoms with Gasteiger partial charge in [0.2, 0.25) is 0 Å². The molecule has 0 aliphatic rings. The third-order valence-electron chi connectivity index (χ3n) is 2.04. The summed E-state index contributed by atoms with van der Waals surface area (Å²) in [7, 11) is 0. The number of ether oxygens (including phenoxy) is 1. The lowest BCUT2D eigenvalue weighted by atomic mass is 10.6. The highest BCUT2D eigenvalue weighted by Gasteiger charge is 2.18. The van der Waals surface area contributed by atoms with Crippen molar-refractivity contribution in [2.75, 3.05) is 6.61 Å². The van der Waals surface area contributed by atoms with E-state index in [9.17, 15) is 14.9 Å². The van der Waals surface area contributed by atoms with Gasteiger partial charge in [0.05, 0.1) is 24.0 Å². The van der Waals surface area contributed by atoms with Crippen LogP contribution in [0.1, 0.15) is 23.4 Å². The molecule has 2 rings (SSSR count). The fraction of sp³-hybridized carbons (Fsp3) is 0.333. The molecule has 100 valence electrons. The third-order valence-corrected chi connectivity index (χ3v) is 2.04. The van der Waals surface area contributed by atoms with Crippen LogP contribution in [0.2, 0.25) is 0 Å². The Labute approximate surface area is 106 Å². The molecule has 0 bridgehead atoms. The molecule has 0 N–H and O–H groups in total. The normalized spacial score (nSPS) is 10.4. The number of carbonyl (C=O) groups is 1. The van der Waals surface area contributed by atoms with Gasteiger partial charge in [-0.3, -0.25) is 0 Å². The van der Waals surface area contributed by atoms with Crippen molar-refractivity contribution in [2.45, 2.75) is 13.5 Å². The minimum absolute atomic E-state index is 0.0523. The number of nitrogens with zero attached hydrogens (tertiary/aromatic N) is 5. The van der Waals surface area contributed by atoms with Gasteiger partial charge < -0.3 is 19.4 Å². The van der Waals surface area contributed by atoms with Crippen molar-refractivity contribution in [3.05, 3.63) is 34.1 Å². The van der Waals surface area contributed by atoms with E-state index in [-0.39, 0.29) is 30.7 Å². The fourth-order valence-corrected chi connectivity index (χ4v) is 1.28. The summed E-state index contributed by atoms with van der Waals surface area (Å²) in [6, 6.07) is 1.24. The first-order chi connectivity index (χ1) is 9.10. The van der Waals surface area contributed by atoms with E-state index in [4.69, 9.17) is 4.52 Å². The maximum Gasteiger partial charge on any atom is 0.397 e. The number of hydrogen-bond donors (Lipinski definition) is 0. The van der Waals surface area contributed by atoms with E-state index in [0.717, 1.165) is 0 Å². The predicted molar refractivity (Wildman–Crippen MR) is 58.2 cm³/mol. The lowest BCUT2D eigenvalue weighted by molar-refractivity contribution is -0.389. The standard InChI is InChI=1S/C9H9N5O5/c1-2-18-9(15)8-10-6(12-19-8)5-13-4-3-7(11-13)14(16)17/h3-4H,2,5H2,1H3. The molecule has 0 amide bonds. The van der Waals surface area contributed by atoms with Crippen LogP contribution in [0.4, 0.5) is 5.82 Å². The topological polar surface area (TPSA) is 126 Å². The minimum Gasteiger partial charge on any atom is -0.459 e.